The van der Waals surface area contributed by atoms with Crippen molar-refractivity contribution in [3.05, 3.63) is 64.4 Å². The normalized spacial score (nSPS) is 18.1. The first-order valence-corrected chi connectivity index (χ1v) is 10.6. The second-order valence-corrected chi connectivity index (χ2v) is 9.01. The summed E-state index contributed by atoms with van der Waals surface area (Å²) in [4.78, 5) is 24.4. The van der Waals surface area contributed by atoms with Crippen LogP contribution in [-0.2, 0) is 26.7 Å². The molecule has 1 aliphatic carbocycles. The van der Waals surface area contributed by atoms with Crippen LogP contribution in [0.4, 0.5) is 5.69 Å². The van der Waals surface area contributed by atoms with E-state index in [1.54, 1.807) is 0 Å². The summed E-state index contributed by atoms with van der Waals surface area (Å²) < 4.78 is 66.0. The standard InChI is InChI=1S/C17H11NO8S2.Na/c19-16-11-7-9(27(21,22)23)5-4-8(11)6-12(16)15-17(20)10-2-1-3-13(14(10)18-15)28(24,25)26;/h1-5,7,18H,6H2,(H,21,22,23)(H,24,25,26);/q;+1/p-1/b15-12-;. The van der Waals surface area contributed by atoms with E-state index in [-0.39, 0.29) is 64.1 Å². The van der Waals surface area contributed by atoms with Gasteiger partial charge >= 0.3 is 29.6 Å². The van der Waals surface area contributed by atoms with Crippen molar-refractivity contribution < 1.29 is 65.1 Å². The van der Waals surface area contributed by atoms with Crippen LogP contribution < -0.4 is 34.9 Å². The zero-order valence-corrected chi connectivity index (χ0v) is 18.4. The van der Waals surface area contributed by atoms with Crippen LogP contribution in [0.15, 0.2) is 57.5 Å². The number of carbonyl (C=O) groups is 2. The van der Waals surface area contributed by atoms with Crippen LogP contribution in [0.1, 0.15) is 26.3 Å². The van der Waals surface area contributed by atoms with Crippen molar-refractivity contribution in [2.45, 2.75) is 16.2 Å². The Hall–Kier alpha value is -1.86. The molecule has 0 atom stereocenters. The maximum Gasteiger partial charge on any atom is 1.00 e. The molecule has 9 nitrogen and oxygen atoms in total. The smallest absolute Gasteiger partial charge is 0.744 e. The van der Waals surface area contributed by atoms with E-state index in [2.05, 4.69) is 5.32 Å². The number of nitrogens with one attached hydrogen (secondary N) is 1. The van der Waals surface area contributed by atoms with Crippen molar-refractivity contribution in [3.8, 4) is 0 Å². The number of anilines is 1. The molecule has 0 saturated heterocycles. The molecule has 0 amide bonds. The van der Waals surface area contributed by atoms with Crippen LogP contribution in [0.5, 0.6) is 0 Å². The van der Waals surface area contributed by atoms with E-state index in [0.717, 1.165) is 18.2 Å². The number of hydrogen-bond donors (Lipinski definition) is 2. The number of hydrogen-bond acceptors (Lipinski definition) is 8. The van der Waals surface area contributed by atoms with E-state index in [4.69, 9.17) is 0 Å². The van der Waals surface area contributed by atoms with Gasteiger partial charge in [-0.3, -0.25) is 14.1 Å². The van der Waals surface area contributed by atoms with Crippen molar-refractivity contribution in [2.24, 2.45) is 0 Å². The number of benzene rings is 2. The van der Waals surface area contributed by atoms with Crippen molar-refractivity contribution in [3.63, 3.8) is 0 Å². The number of ketones is 2. The molecule has 2 N–H and O–H groups in total. The molecule has 0 spiro atoms. The Labute approximate surface area is 187 Å². The Morgan fingerprint density at radius 1 is 0.966 bits per heavy atom. The summed E-state index contributed by atoms with van der Waals surface area (Å²) in [5.74, 6) is -1.27. The van der Waals surface area contributed by atoms with Crippen molar-refractivity contribution in [1.29, 1.82) is 0 Å². The second-order valence-electron chi connectivity index (χ2n) is 6.24. The van der Waals surface area contributed by atoms with Crippen molar-refractivity contribution in [1.82, 2.24) is 0 Å². The molecule has 0 saturated carbocycles. The van der Waals surface area contributed by atoms with E-state index in [1.807, 2.05) is 0 Å². The summed E-state index contributed by atoms with van der Waals surface area (Å²) in [7, 11) is -9.37. The first kappa shape index (κ1) is 21.8. The van der Waals surface area contributed by atoms with E-state index >= 15 is 0 Å². The molecule has 2 aromatic carbocycles. The minimum absolute atomic E-state index is 0. The first-order valence-electron chi connectivity index (χ1n) is 7.77. The number of para-hydroxylation sites is 1. The summed E-state index contributed by atoms with van der Waals surface area (Å²) in [6, 6.07) is 7.11. The van der Waals surface area contributed by atoms with E-state index < -0.39 is 41.6 Å². The Balaban J connectivity index is 0.00000240. The molecule has 29 heavy (non-hydrogen) atoms. The minimum Gasteiger partial charge on any atom is -0.744 e. The Morgan fingerprint density at radius 2 is 1.66 bits per heavy atom. The van der Waals surface area contributed by atoms with Crippen LogP contribution in [0, 0.1) is 0 Å². The van der Waals surface area contributed by atoms with Gasteiger partial charge in [0.05, 0.1) is 16.3 Å². The van der Waals surface area contributed by atoms with Crippen molar-refractivity contribution in [2.75, 3.05) is 5.32 Å². The maximum absolute atomic E-state index is 12.7. The number of carbonyl (C=O) groups excluding carboxylic acids is 2. The largest absolute Gasteiger partial charge is 1.00 e. The molecule has 0 radical (unpaired) electrons. The van der Waals surface area contributed by atoms with E-state index in [9.17, 15) is 35.5 Å². The van der Waals surface area contributed by atoms with Gasteiger partial charge in [0.25, 0.3) is 10.1 Å². The monoisotopic (exact) mass is 443 g/mol. The molecule has 1 heterocycles. The summed E-state index contributed by atoms with van der Waals surface area (Å²) in [6.07, 6.45) is -0.00335. The van der Waals surface area contributed by atoms with E-state index in [0.29, 0.717) is 5.56 Å². The van der Waals surface area contributed by atoms with Gasteiger partial charge in [0.1, 0.15) is 15.0 Å². The van der Waals surface area contributed by atoms with Crippen LogP contribution in [0.3, 0.4) is 0 Å². The zero-order chi connectivity index (χ0) is 20.4. The van der Waals surface area contributed by atoms with Crippen molar-refractivity contribution >= 4 is 37.5 Å². The summed E-state index contributed by atoms with van der Waals surface area (Å²) >= 11 is 0. The Morgan fingerprint density at radius 3 is 2.28 bits per heavy atom. The summed E-state index contributed by atoms with van der Waals surface area (Å²) in [5.41, 5.74) is 0.116. The van der Waals surface area contributed by atoms with Crippen LogP contribution in [-0.4, -0.2) is 37.5 Å². The minimum atomic E-state index is -4.76. The first-order chi connectivity index (χ1) is 13.0. The molecule has 0 unspecified atom stereocenters. The molecular formula is C17H10NNaO8S2. The third kappa shape index (κ3) is 3.59. The van der Waals surface area contributed by atoms with Gasteiger partial charge in [0.2, 0.25) is 5.78 Å². The third-order valence-corrected chi connectivity index (χ3v) is 6.31. The second kappa shape index (κ2) is 7.13. The number of rotatable bonds is 2. The summed E-state index contributed by atoms with van der Waals surface area (Å²) in [6.45, 7) is 0. The quantitative estimate of drug-likeness (QED) is 0.309. The number of Topliss-reactive ketones (excluding diaryl/α,β-unsaturated/α-hetero) is 2. The molecule has 144 valence electrons. The number of allylic oxidation sites excluding steroid dienone is 2. The van der Waals surface area contributed by atoms with Crippen LogP contribution in [0.2, 0.25) is 0 Å². The Kier molecular flexibility index (Phi) is 5.37. The molecule has 0 fully saturated rings. The molecular weight excluding hydrogens is 433 g/mol. The van der Waals surface area contributed by atoms with Gasteiger partial charge in [-0.15, -0.1) is 0 Å². The molecule has 2 aliphatic rings. The fraction of sp³-hybridized carbons (Fsp3) is 0.0588. The zero-order valence-electron chi connectivity index (χ0n) is 14.8. The van der Waals surface area contributed by atoms with Gasteiger partial charge in [-0.1, -0.05) is 12.1 Å². The van der Waals surface area contributed by atoms with Gasteiger partial charge in [-0.05, 0) is 29.8 Å². The van der Waals surface area contributed by atoms with E-state index in [1.165, 1.54) is 18.2 Å². The van der Waals surface area contributed by atoms with Gasteiger partial charge in [0.15, 0.2) is 5.78 Å². The average Bonchev–Trinajstić information content (AvgIpc) is 3.10. The van der Waals surface area contributed by atoms with Crippen LogP contribution >= 0.6 is 0 Å². The SMILES string of the molecule is O=C1/C(=C2\Nc3c(cccc3S(=O)(=O)O)C2=O)Cc2ccc(S(=O)(=O)[O-])cc21.[Na+]. The molecule has 4 rings (SSSR count). The molecule has 12 heteroatoms. The average molecular weight is 443 g/mol. The predicted octanol–water partition coefficient (Wildman–Crippen LogP) is -1.86. The maximum atomic E-state index is 12.7. The fourth-order valence-corrected chi connectivity index (χ4v) is 4.47. The van der Waals surface area contributed by atoms with Gasteiger partial charge in [0, 0.05) is 23.1 Å². The summed E-state index contributed by atoms with van der Waals surface area (Å²) in [5, 5.41) is 2.60. The topological polar surface area (TPSA) is 158 Å². The number of fused-ring (bicyclic) bond motifs is 2. The van der Waals surface area contributed by atoms with Gasteiger partial charge in [-0.25, -0.2) is 8.42 Å². The predicted molar refractivity (Wildman–Crippen MR) is 93.7 cm³/mol. The Bertz CT molecular complexity index is 1340. The molecule has 1 aliphatic heterocycles. The fourth-order valence-electron chi connectivity index (χ4n) is 3.30. The van der Waals surface area contributed by atoms with Gasteiger partial charge < -0.3 is 9.87 Å². The van der Waals surface area contributed by atoms with Gasteiger partial charge in [-0.2, -0.15) is 8.42 Å². The third-order valence-electron chi connectivity index (χ3n) is 4.58. The molecule has 0 bridgehead atoms. The molecule has 0 aromatic heterocycles. The van der Waals surface area contributed by atoms with Crippen LogP contribution in [0.25, 0.3) is 0 Å². The molecule has 2 aromatic rings.